The molecule has 1 aromatic heterocycles. The molecule has 2 N–H and O–H groups in total. The molecular formula is C33H40N6O7. The van der Waals surface area contributed by atoms with Crippen LogP contribution in [-0.2, 0) is 20.7 Å². The minimum Gasteiger partial charge on any atom is -0.463 e. The van der Waals surface area contributed by atoms with Crippen molar-refractivity contribution in [1.29, 1.82) is 0 Å². The van der Waals surface area contributed by atoms with E-state index in [1.54, 1.807) is 43.9 Å². The second-order valence-electron chi connectivity index (χ2n) is 13.2. The van der Waals surface area contributed by atoms with E-state index in [2.05, 4.69) is 10.4 Å². The van der Waals surface area contributed by atoms with Crippen LogP contribution in [0.15, 0.2) is 48.5 Å². The van der Waals surface area contributed by atoms with Gasteiger partial charge in [-0.05, 0) is 63.3 Å². The quantitative estimate of drug-likeness (QED) is 0.378. The Morgan fingerprint density at radius 3 is 2.28 bits per heavy atom. The number of nitrogens with zero attached hydrogens (tertiary/aromatic N) is 5. The van der Waals surface area contributed by atoms with Gasteiger partial charge < -0.3 is 20.1 Å². The molecule has 0 aliphatic carbocycles. The van der Waals surface area contributed by atoms with Crippen LogP contribution in [0.2, 0.25) is 0 Å². The number of ether oxygens (including phenoxy) is 1. The number of fused-ring (bicyclic) bond motifs is 1. The molecule has 2 aliphatic heterocycles. The van der Waals surface area contributed by atoms with Crippen LogP contribution in [0.5, 0.6) is 0 Å². The Hall–Kier alpha value is -4.94. The molecule has 5 amide bonds. The van der Waals surface area contributed by atoms with Crippen molar-refractivity contribution in [3.8, 4) is 0 Å². The molecule has 2 aliphatic rings. The molecule has 3 aromatic rings. The number of anilines is 1. The summed E-state index contributed by atoms with van der Waals surface area (Å²) < 4.78 is 6.28. The molecule has 46 heavy (non-hydrogen) atoms. The van der Waals surface area contributed by atoms with Gasteiger partial charge in [-0.3, -0.25) is 19.4 Å². The highest BCUT2D eigenvalue weighted by Crippen LogP contribution is 2.41. The van der Waals surface area contributed by atoms with E-state index in [0.29, 0.717) is 28.7 Å². The maximum absolute atomic E-state index is 13.7. The van der Waals surface area contributed by atoms with E-state index in [-0.39, 0.29) is 43.7 Å². The third-order valence-corrected chi connectivity index (χ3v) is 8.51. The van der Waals surface area contributed by atoms with Gasteiger partial charge in [0.2, 0.25) is 5.91 Å². The van der Waals surface area contributed by atoms with E-state index in [0.717, 1.165) is 15.1 Å². The maximum Gasteiger partial charge on any atom is 0.432 e. The smallest absolute Gasteiger partial charge is 0.432 e. The Morgan fingerprint density at radius 2 is 1.70 bits per heavy atom. The van der Waals surface area contributed by atoms with Crippen molar-refractivity contribution in [3.05, 3.63) is 59.8 Å². The number of likely N-dealkylation sites (tertiary alicyclic amines) is 1. The Kier molecular flexibility index (Phi) is 8.54. The van der Waals surface area contributed by atoms with E-state index in [9.17, 15) is 29.1 Å². The lowest BCUT2D eigenvalue weighted by molar-refractivity contribution is -0.139. The van der Waals surface area contributed by atoms with Crippen LogP contribution in [0, 0.1) is 5.92 Å². The van der Waals surface area contributed by atoms with E-state index < -0.39 is 35.4 Å². The number of rotatable bonds is 6. The number of nitrogens with one attached hydrogen (secondary N) is 1. The van der Waals surface area contributed by atoms with Gasteiger partial charge in [-0.1, -0.05) is 44.2 Å². The number of benzene rings is 2. The average Bonchev–Trinajstić information content (AvgIpc) is 3.44. The number of hydrogen-bond acceptors (Lipinski definition) is 7. The number of likely N-dealkylation sites (N-methyl/N-ethyl adjacent to an activating group) is 1. The molecule has 0 saturated carbocycles. The number of urea groups is 1. The molecule has 13 heteroatoms. The minimum atomic E-state index is -1.25. The zero-order chi connectivity index (χ0) is 33.6. The summed E-state index contributed by atoms with van der Waals surface area (Å²) in [5.41, 5.74) is 0.273. The first-order chi connectivity index (χ1) is 21.6. The number of carboxylic acid groups (broad SMARTS) is 1. The minimum absolute atomic E-state index is 0.175. The number of amides is 5. The fourth-order valence-electron chi connectivity index (χ4n) is 6.24. The summed E-state index contributed by atoms with van der Waals surface area (Å²) >= 11 is 0. The fourth-order valence-corrected chi connectivity index (χ4v) is 6.24. The summed E-state index contributed by atoms with van der Waals surface area (Å²) in [6.45, 7) is 9.24. The molecule has 5 rings (SSSR count). The summed E-state index contributed by atoms with van der Waals surface area (Å²) in [6, 6.07) is 13.1. The van der Waals surface area contributed by atoms with Gasteiger partial charge in [0.25, 0.3) is 5.91 Å². The fraction of sp³-hybridized carbons (Fsp3) is 0.455. The number of hydrogen-bond donors (Lipinski definition) is 2. The SMILES string of the molecule is CC(C)[C@@H](NC(=O)OC(C)(C)C)C(=O)N1CCC2(CC1)C(=O)N(C)C(=O)N2c1ccc2c(c1)c(Cc1ccccc1)nn2C(=O)O. The van der Waals surface area contributed by atoms with Crippen molar-refractivity contribution in [2.45, 2.75) is 71.1 Å². The third-order valence-electron chi connectivity index (χ3n) is 8.51. The predicted octanol–water partition coefficient (Wildman–Crippen LogP) is 4.46. The van der Waals surface area contributed by atoms with E-state index in [1.807, 2.05) is 44.2 Å². The highest BCUT2D eigenvalue weighted by Gasteiger charge is 2.58. The zero-order valence-electron chi connectivity index (χ0n) is 26.9. The van der Waals surface area contributed by atoms with Gasteiger partial charge in [0.15, 0.2) is 0 Å². The summed E-state index contributed by atoms with van der Waals surface area (Å²) in [6.07, 6.45) is -1.21. The van der Waals surface area contributed by atoms with Gasteiger partial charge in [-0.2, -0.15) is 9.78 Å². The standard InChI is InChI=1S/C33H40N6O7/c1-20(2)26(34-29(42)46-32(3,4)5)27(40)37-16-14-33(15-17-37)28(41)36(6)30(43)38(33)22-12-13-25-23(19-22)24(35-39(25)31(44)45)18-21-10-8-7-9-11-21/h7-13,19-20,26H,14-18H2,1-6H3,(H,34,42)(H,44,45)/t26-/m1/s1. The van der Waals surface area contributed by atoms with Crippen molar-refractivity contribution in [2.24, 2.45) is 5.92 Å². The topological polar surface area (TPSA) is 154 Å². The summed E-state index contributed by atoms with van der Waals surface area (Å²) in [4.78, 5) is 69.7. The number of aromatic nitrogens is 2. The van der Waals surface area contributed by atoms with E-state index in [4.69, 9.17) is 4.74 Å². The number of alkyl carbamates (subject to hydrolysis) is 1. The van der Waals surface area contributed by atoms with Gasteiger partial charge in [0.1, 0.15) is 17.2 Å². The van der Waals surface area contributed by atoms with Crippen molar-refractivity contribution >= 4 is 46.6 Å². The lowest BCUT2D eigenvalue weighted by Gasteiger charge is -2.43. The number of carbonyl (C=O) groups excluding carboxylic acids is 4. The molecule has 3 heterocycles. The number of carbonyl (C=O) groups is 5. The Balaban J connectivity index is 1.44. The van der Waals surface area contributed by atoms with Crippen molar-refractivity contribution in [2.75, 3.05) is 25.0 Å². The van der Waals surface area contributed by atoms with Gasteiger partial charge in [0.05, 0.1) is 11.2 Å². The third kappa shape index (κ3) is 6.01. The number of imide groups is 1. The second-order valence-corrected chi connectivity index (χ2v) is 13.2. The first-order valence-electron chi connectivity index (χ1n) is 15.3. The normalized spacial score (nSPS) is 17.2. The lowest BCUT2D eigenvalue weighted by Crippen LogP contribution is -2.60. The monoisotopic (exact) mass is 632 g/mol. The Morgan fingerprint density at radius 1 is 1.04 bits per heavy atom. The van der Waals surface area contributed by atoms with Gasteiger partial charge in [-0.15, -0.1) is 0 Å². The molecule has 0 unspecified atom stereocenters. The highest BCUT2D eigenvalue weighted by molar-refractivity contribution is 6.17. The van der Waals surface area contributed by atoms with Crippen molar-refractivity contribution in [3.63, 3.8) is 0 Å². The van der Waals surface area contributed by atoms with Crippen LogP contribution < -0.4 is 10.2 Å². The molecule has 13 nitrogen and oxygen atoms in total. The first-order valence-corrected chi connectivity index (χ1v) is 15.3. The average molecular weight is 633 g/mol. The molecular weight excluding hydrogens is 592 g/mol. The second kappa shape index (κ2) is 12.1. The molecule has 1 atom stereocenters. The van der Waals surface area contributed by atoms with Crippen LogP contribution in [0.3, 0.4) is 0 Å². The van der Waals surface area contributed by atoms with Gasteiger partial charge in [-0.25, -0.2) is 14.4 Å². The summed E-state index contributed by atoms with van der Waals surface area (Å²) in [5, 5.41) is 17.4. The molecule has 2 fully saturated rings. The number of piperidine rings is 1. The molecule has 2 saturated heterocycles. The van der Waals surface area contributed by atoms with E-state index in [1.165, 1.54) is 11.9 Å². The zero-order valence-corrected chi connectivity index (χ0v) is 26.9. The maximum atomic E-state index is 13.7. The molecule has 2 aromatic carbocycles. The van der Waals surface area contributed by atoms with Crippen LogP contribution in [0.1, 0.15) is 58.7 Å². The van der Waals surface area contributed by atoms with Gasteiger partial charge in [0, 0.05) is 37.6 Å². The summed E-state index contributed by atoms with van der Waals surface area (Å²) in [5.74, 6) is -0.889. The Labute approximate surface area is 267 Å². The Bertz CT molecular complexity index is 1690. The first kappa shape index (κ1) is 32.5. The lowest BCUT2D eigenvalue weighted by atomic mass is 9.85. The molecule has 0 bridgehead atoms. The highest BCUT2D eigenvalue weighted by atomic mass is 16.6. The van der Waals surface area contributed by atoms with Gasteiger partial charge >= 0.3 is 18.2 Å². The molecule has 244 valence electrons. The van der Waals surface area contributed by atoms with E-state index >= 15 is 0 Å². The van der Waals surface area contributed by atoms with Crippen molar-refractivity contribution in [1.82, 2.24) is 24.9 Å². The molecule has 1 spiro atoms. The van der Waals surface area contributed by atoms with Crippen LogP contribution in [0.4, 0.5) is 20.1 Å². The molecule has 0 radical (unpaired) electrons. The largest absolute Gasteiger partial charge is 0.463 e. The van der Waals surface area contributed by atoms with Crippen molar-refractivity contribution < 1.29 is 33.8 Å². The van der Waals surface area contributed by atoms with Crippen LogP contribution >= 0.6 is 0 Å². The van der Waals surface area contributed by atoms with Crippen LogP contribution in [-0.4, -0.2) is 92.0 Å². The van der Waals surface area contributed by atoms with Crippen LogP contribution in [0.25, 0.3) is 10.9 Å². The predicted molar refractivity (Wildman–Crippen MR) is 170 cm³/mol. The summed E-state index contributed by atoms with van der Waals surface area (Å²) in [7, 11) is 1.44.